The summed E-state index contributed by atoms with van der Waals surface area (Å²) in [7, 11) is 1.74. The third kappa shape index (κ3) is 10.7. The maximum atomic E-state index is 11.0. The number of aliphatic hydroxyl groups is 1. The SMILES string of the molecule is COCCCCC(C)C(/C=C/[C@@H]1[C@@H](C/C=C\CCCC(=O)O)[C@@H](O)C[C@H]1OC1CCCO1)OC1CCCO1. The van der Waals surface area contributed by atoms with Gasteiger partial charge in [-0.2, -0.15) is 0 Å². The minimum absolute atomic E-state index is 0.0220. The van der Waals surface area contributed by atoms with Crippen molar-refractivity contribution < 1.29 is 38.7 Å². The van der Waals surface area contributed by atoms with E-state index in [-0.39, 0.29) is 43.0 Å². The van der Waals surface area contributed by atoms with E-state index in [1.54, 1.807) is 7.11 Å². The minimum atomic E-state index is -0.767. The van der Waals surface area contributed by atoms with E-state index < -0.39 is 12.1 Å². The molecule has 2 saturated heterocycles. The van der Waals surface area contributed by atoms with Gasteiger partial charge < -0.3 is 33.9 Å². The van der Waals surface area contributed by atoms with Crippen molar-refractivity contribution >= 4 is 5.97 Å². The summed E-state index contributed by atoms with van der Waals surface area (Å²) < 4.78 is 29.6. The second-order valence-electron chi connectivity index (χ2n) is 11.0. The first kappa shape index (κ1) is 31.2. The Labute approximate surface area is 228 Å². The van der Waals surface area contributed by atoms with Crippen molar-refractivity contribution in [3.8, 4) is 0 Å². The highest BCUT2D eigenvalue weighted by molar-refractivity contribution is 5.66. The zero-order valence-electron chi connectivity index (χ0n) is 23.4. The van der Waals surface area contributed by atoms with Crippen LogP contribution >= 0.6 is 0 Å². The molecule has 2 N–H and O–H groups in total. The first-order valence-electron chi connectivity index (χ1n) is 14.7. The first-order chi connectivity index (χ1) is 18.5. The van der Waals surface area contributed by atoms with Crippen LogP contribution in [0.25, 0.3) is 0 Å². The Kier molecular flexibility index (Phi) is 14.3. The summed E-state index contributed by atoms with van der Waals surface area (Å²) in [6.07, 6.45) is 17.3. The summed E-state index contributed by atoms with van der Waals surface area (Å²) in [4.78, 5) is 10.8. The lowest BCUT2D eigenvalue weighted by Crippen LogP contribution is -2.29. The van der Waals surface area contributed by atoms with Gasteiger partial charge in [0.25, 0.3) is 0 Å². The van der Waals surface area contributed by atoms with Crippen LogP contribution < -0.4 is 0 Å². The molecule has 3 rings (SSSR count). The average Bonchev–Trinajstić information content (AvgIpc) is 3.65. The molecule has 0 aromatic heterocycles. The Balaban J connectivity index is 1.68. The predicted octanol–water partition coefficient (Wildman–Crippen LogP) is 5.24. The van der Waals surface area contributed by atoms with Crippen LogP contribution in [0.5, 0.6) is 0 Å². The fourth-order valence-corrected chi connectivity index (χ4v) is 5.74. The molecule has 0 bridgehead atoms. The molecule has 0 aromatic rings. The number of allylic oxidation sites excluding steroid dienone is 2. The van der Waals surface area contributed by atoms with Gasteiger partial charge in [-0.25, -0.2) is 0 Å². The highest BCUT2D eigenvalue weighted by Crippen LogP contribution is 2.40. The van der Waals surface area contributed by atoms with Gasteiger partial charge in [0.2, 0.25) is 0 Å². The summed E-state index contributed by atoms with van der Waals surface area (Å²) in [5.74, 6) is -0.386. The van der Waals surface area contributed by atoms with Gasteiger partial charge in [0.05, 0.1) is 18.3 Å². The number of rotatable bonds is 18. The number of hydrogen-bond donors (Lipinski definition) is 2. The lowest BCUT2D eigenvalue weighted by molar-refractivity contribution is -0.151. The van der Waals surface area contributed by atoms with Crippen LogP contribution in [0.2, 0.25) is 0 Å². The molecule has 3 aliphatic rings. The van der Waals surface area contributed by atoms with E-state index in [2.05, 4.69) is 25.2 Å². The maximum Gasteiger partial charge on any atom is 0.303 e. The third-order valence-corrected chi connectivity index (χ3v) is 7.98. The Morgan fingerprint density at radius 3 is 2.53 bits per heavy atom. The molecule has 8 atom stereocenters. The molecule has 3 fully saturated rings. The monoisotopic (exact) mass is 538 g/mol. The van der Waals surface area contributed by atoms with E-state index >= 15 is 0 Å². The van der Waals surface area contributed by atoms with Crippen LogP contribution in [0.15, 0.2) is 24.3 Å². The number of carbonyl (C=O) groups is 1. The molecular formula is C30H50O8. The summed E-state index contributed by atoms with van der Waals surface area (Å²) in [6.45, 7) is 4.47. The van der Waals surface area contributed by atoms with Crippen molar-refractivity contribution in [1.29, 1.82) is 0 Å². The maximum absolute atomic E-state index is 11.0. The van der Waals surface area contributed by atoms with Crippen LogP contribution in [0.1, 0.15) is 84.0 Å². The van der Waals surface area contributed by atoms with Crippen molar-refractivity contribution in [2.45, 2.75) is 115 Å². The fraction of sp³-hybridized carbons (Fsp3) is 0.833. The molecule has 38 heavy (non-hydrogen) atoms. The van der Waals surface area contributed by atoms with Gasteiger partial charge in [-0.1, -0.05) is 37.6 Å². The zero-order valence-corrected chi connectivity index (χ0v) is 23.4. The Hall–Kier alpha value is -1.29. The van der Waals surface area contributed by atoms with Gasteiger partial charge in [-0.05, 0) is 56.8 Å². The van der Waals surface area contributed by atoms with E-state index in [1.807, 2.05) is 6.08 Å². The van der Waals surface area contributed by atoms with Crippen LogP contribution in [0.4, 0.5) is 0 Å². The summed E-state index contributed by atoms with van der Waals surface area (Å²) in [6, 6.07) is 0. The molecule has 8 heteroatoms. The highest BCUT2D eigenvalue weighted by Gasteiger charge is 2.42. The van der Waals surface area contributed by atoms with E-state index in [9.17, 15) is 9.90 Å². The van der Waals surface area contributed by atoms with Crippen molar-refractivity contribution in [3.63, 3.8) is 0 Å². The molecule has 0 aromatic carbocycles. The largest absolute Gasteiger partial charge is 0.481 e. The van der Waals surface area contributed by atoms with Gasteiger partial charge in [0.15, 0.2) is 12.6 Å². The van der Waals surface area contributed by atoms with E-state index in [1.165, 1.54) is 0 Å². The molecule has 2 heterocycles. The Morgan fingerprint density at radius 2 is 1.84 bits per heavy atom. The van der Waals surface area contributed by atoms with Crippen LogP contribution in [-0.4, -0.2) is 74.0 Å². The summed E-state index contributed by atoms with van der Waals surface area (Å²) in [5, 5.41) is 19.9. The van der Waals surface area contributed by atoms with E-state index in [0.717, 1.165) is 77.6 Å². The normalized spacial score (nSPS) is 31.6. The average molecular weight is 539 g/mol. The Morgan fingerprint density at radius 1 is 1.08 bits per heavy atom. The van der Waals surface area contributed by atoms with E-state index in [4.69, 9.17) is 28.8 Å². The number of carboxylic acids is 1. The lowest BCUT2D eigenvalue weighted by atomic mass is 9.88. The number of methoxy groups -OCH3 is 1. The smallest absolute Gasteiger partial charge is 0.303 e. The van der Waals surface area contributed by atoms with Crippen molar-refractivity contribution in [2.24, 2.45) is 17.8 Å². The summed E-state index contributed by atoms with van der Waals surface area (Å²) >= 11 is 0. The first-order valence-corrected chi connectivity index (χ1v) is 14.7. The van der Waals surface area contributed by atoms with Gasteiger partial charge in [0.1, 0.15) is 0 Å². The molecule has 2 aliphatic heterocycles. The summed E-state index contributed by atoms with van der Waals surface area (Å²) in [5.41, 5.74) is 0. The molecule has 0 amide bonds. The lowest BCUT2D eigenvalue weighted by Gasteiger charge is -2.27. The molecule has 1 saturated carbocycles. The third-order valence-electron chi connectivity index (χ3n) is 7.98. The van der Waals surface area contributed by atoms with Gasteiger partial charge in [-0.15, -0.1) is 0 Å². The highest BCUT2D eigenvalue weighted by atomic mass is 16.7. The molecular weight excluding hydrogens is 488 g/mol. The Bertz CT molecular complexity index is 713. The fourth-order valence-electron chi connectivity index (χ4n) is 5.74. The van der Waals surface area contributed by atoms with Crippen molar-refractivity contribution in [1.82, 2.24) is 0 Å². The van der Waals surface area contributed by atoms with E-state index in [0.29, 0.717) is 18.8 Å². The van der Waals surface area contributed by atoms with Crippen LogP contribution in [-0.2, 0) is 28.5 Å². The van der Waals surface area contributed by atoms with Crippen LogP contribution in [0.3, 0.4) is 0 Å². The molecule has 4 unspecified atom stereocenters. The second-order valence-corrected chi connectivity index (χ2v) is 11.0. The molecule has 0 radical (unpaired) electrons. The number of ether oxygens (including phenoxy) is 5. The van der Waals surface area contributed by atoms with Crippen molar-refractivity contribution in [3.05, 3.63) is 24.3 Å². The number of hydrogen-bond acceptors (Lipinski definition) is 7. The van der Waals surface area contributed by atoms with Crippen LogP contribution in [0, 0.1) is 17.8 Å². The quantitative estimate of drug-likeness (QED) is 0.180. The van der Waals surface area contributed by atoms with Gasteiger partial charge in [-0.3, -0.25) is 4.79 Å². The molecule has 218 valence electrons. The number of unbranched alkanes of at least 4 members (excludes halogenated alkanes) is 2. The number of carboxylic acid groups (broad SMARTS) is 1. The molecule has 1 aliphatic carbocycles. The zero-order chi connectivity index (χ0) is 27.2. The number of aliphatic hydroxyl groups excluding tert-OH is 1. The second kappa shape index (κ2) is 17.4. The molecule has 0 spiro atoms. The topological polar surface area (TPSA) is 104 Å². The predicted molar refractivity (Wildman–Crippen MR) is 145 cm³/mol. The standard InChI is InChI=1S/C30H50O8/c1-22(11-7-8-18-34-2)26(37-29-14-9-19-35-29)17-16-24-23(12-5-3-4-6-13-28(32)33)25(31)21-27(24)38-30-15-10-20-36-30/h3,5,16-17,22-27,29-31H,4,6-15,18-21H2,1-2H3,(H,32,33)/b5-3-,17-16+/t22?,23-,24-,25+,26?,27-,29?,30?/m1/s1. The number of aliphatic carboxylic acids is 1. The van der Waals surface area contributed by atoms with Crippen molar-refractivity contribution in [2.75, 3.05) is 26.9 Å². The minimum Gasteiger partial charge on any atom is -0.481 e. The molecule has 8 nitrogen and oxygen atoms in total. The van der Waals surface area contributed by atoms with Gasteiger partial charge >= 0.3 is 5.97 Å². The van der Waals surface area contributed by atoms with Gasteiger partial charge in [0, 0.05) is 58.5 Å².